The van der Waals surface area contributed by atoms with Gasteiger partial charge in [0.25, 0.3) is 0 Å². The average molecular weight is 284 g/mol. The van der Waals surface area contributed by atoms with Crippen LogP contribution in [0.4, 0.5) is 0 Å². The van der Waals surface area contributed by atoms with Crippen LogP contribution in [0.25, 0.3) is 23.3 Å². The van der Waals surface area contributed by atoms with Crippen LogP contribution < -0.4 is 0 Å². The Bertz CT molecular complexity index is 805. The van der Waals surface area contributed by atoms with Gasteiger partial charge in [-0.25, -0.2) is 4.98 Å². The van der Waals surface area contributed by atoms with E-state index in [1.54, 1.807) is 36.4 Å². The molecule has 0 saturated carbocycles. The van der Waals surface area contributed by atoms with Crippen molar-refractivity contribution in [3.05, 3.63) is 64.5 Å². The molecule has 0 bridgehead atoms. The van der Waals surface area contributed by atoms with Gasteiger partial charge in [-0.15, -0.1) is 0 Å². The van der Waals surface area contributed by atoms with E-state index >= 15 is 0 Å². The van der Waals surface area contributed by atoms with E-state index in [-0.39, 0.29) is 0 Å². The van der Waals surface area contributed by atoms with Gasteiger partial charge in [0, 0.05) is 16.7 Å². The van der Waals surface area contributed by atoms with Crippen LogP contribution in [0.2, 0.25) is 5.02 Å². The molecule has 3 rings (SSSR count). The van der Waals surface area contributed by atoms with Crippen molar-refractivity contribution in [2.24, 2.45) is 0 Å². The molecule has 20 heavy (non-hydrogen) atoms. The number of benzene rings is 2. The number of carbonyl (C=O) groups is 1. The van der Waals surface area contributed by atoms with E-state index in [1.165, 1.54) is 0 Å². The van der Waals surface area contributed by atoms with Gasteiger partial charge < -0.3 is 4.42 Å². The summed E-state index contributed by atoms with van der Waals surface area (Å²) in [5.41, 5.74) is 2.96. The molecule has 0 aliphatic carbocycles. The highest BCUT2D eigenvalue weighted by molar-refractivity contribution is 6.31. The second kappa shape index (κ2) is 5.31. The summed E-state index contributed by atoms with van der Waals surface area (Å²) in [6.45, 7) is 0. The standard InChI is InChI=1S/C16H10ClNO2/c17-13-5-6-15-14(9-13)18-16(20-15)7-4-11-2-1-3-12(8-11)10-19/h1-10H. The molecule has 0 aliphatic rings. The second-order valence-electron chi connectivity index (χ2n) is 4.29. The van der Waals surface area contributed by atoms with E-state index in [9.17, 15) is 4.79 Å². The first kappa shape index (κ1) is 12.6. The molecule has 0 fully saturated rings. The molecule has 0 spiro atoms. The van der Waals surface area contributed by atoms with Gasteiger partial charge in [-0.2, -0.15) is 0 Å². The van der Waals surface area contributed by atoms with Gasteiger partial charge in [0.05, 0.1) is 0 Å². The third-order valence-electron chi connectivity index (χ3n) is 2.83. The van der Waals surface area contributed by atoms with Crippen LogP contribution in [0.5, 0.6) is 0 Å². The maximum atomic E-state index is 10.7. The number of fused-ring (bicyclic) bond motifs is 1. The Morgan fingerprint density at radius 3 is 2.75 bits per heavy atom. The van der Waals surface area contributed by atoms with E-state index in [2.05, 4.69) is 4.98 Å². The van der Waals surface area contributed by atoms with Crippen LogP contribution in [0.1, 0.15) is 21.8 Å². The topological polar surface area (TPSA) is 43.1 Å². The van der Waals surface area contributed by atoms with Gasteiger partial charge in [0.1, 0.15) is 11.8 Å². The Morgan fingerprint density at radius 1 is 1.05 bits per heavy atom. The number of aldehydes is 1. The third-order valence-corrected chi connectivity index (χ3v) is 3.07. The van der Waals surface area contributed by atoms with Crippen molar-refractivity contribution < 1.29 is 9.21 Å². The van der Waals surface area contributed by atoms with E-state index in [4.69, 9.17) is 16.0 Å². The minimum absolute atomic E-state index is 0.499. The first-order valence-electron chi connectivity index (χ1n) is 6.04. The summed E-state index contributed by atoms with van der Waals surface area (Å²) in [6.07, 6.45) is 4.43. The van der Waals surface area contributed by atoms with E-state index < -0.39 is 0 Å². The van der Waals surface area contributed by atoms with Crippen LogP contribution in [-0.2, 0) is 0 Å². The van der Waals surface area contributed by atoms with E-state index in [1.807, 2.05) is 18.2 Å². The van der Waals surface area contributed by atoms with E-state index in [0.29, 0.717) is 22.1 Å². The Labute approximate surface area is 120 Å². The van der Waals surface area contributed by atoms with Crippen molar-refractivity contribution in [3.63, 3.8) is 0 Å². The predicted molar refractivity (Wildman–Crippen MR) is 79.8 cm³/mol. The number of rotatable bonds is 3. The van der Waals surface area contributed by atoms with Crippen LogP contribution in [-0.4, -0.2) is 11.3 Å². The highest BCUT2D eigenvalue weighted by Gasteiger charge is 2.03. The van der Waals surface area contributed by atoms with Crippen LogP contribution in [0, 0.1) is 0 Å². The lowest BCUT2D eigenvalue weighted by atomic mass is 10.1. The summed E-state index contributed by atoms with van der Waals surface area (Å²) < 4.78 is 5.58. The number of halogens is 1. The van der Waals surface area contributed by atoms with Gasteiger partial charge in [-0.1, -0.05) is 29.8 Å². The van der Waals surface area contributed by atoms with Crippen molar-refractivity contribution >= 4 is 41.1 Å². The molecule has 2 aromatic carbocycles. The fourth-order valence-electron chi connectivity index (χ4n) is 1.89. The molecule has 0 unspecified atom stereocenters. The molecule has 0 radical (unpaired) electrons. The molecule has 0 amide bonds. The minimum atomic E-state index is 0.499. The molecule has 4 heteroatoms. The lowest BCUT2D eigenvalue weighted by Gasteiger charge is -1.93. The fourth-order valence-corrected chi connectivity index (χ4v) is 2.06. The maximum absolute atomic E-state index is 10.7. The molecule has 0 saturated heterocycles. The summed E-state index contributed by atoms with van der Waals surface area (Å²) in [5.74, 6) is 0.499. The Morgan fingerprint density at radius 2 is 1.90 bits per heavy atom. The molecule has 1 heterocycles. The summed E-state index contributed by atoms with van der Waals surface area (Å²) in [4.78, 5) is 15.0. The summed E-state index contributed by atoms with van der Waals surface area (Å²) in [6, 6.07) is 12.6. The van der Waals surface area contributed by atoms with Crippen LogP contribution >= 0.6 is 11.6 Å². The van der Waals surface area contributed by atoms with Gasteiger partial charge in [0.15, 0.2) is 5.58 Å². The quantitative estimate of drug-likeness (QED) is 0.666. The largest absolute Gasteiger partial charge is 0.437 e. The van der Waals surface area contributed by atoms with Crippen molar-refractivity contribution in [2.45, 2.75) is 0 Å². The minimum Gasteiger partial charge on any atom is -0.437 e. The summed E-state index contributed by atoms with van der Waals surface area (Å²) in [7, 11) is 0. The lowest BCUT2D eigenvalue weighted by Crippen LogP contribution is -1.79. The molecule has 3 aromatic rings. The molecular weight excluding hydrogens is 274 g/mol. The highest BCUT2D eigenvalue weighted by Crippen LogP contribution is 2.21. The first-order valence-corrected chi connectivity index (χ1v) is 6.42. The van der Waals surface area contributed by atoms with Crippen molar-refractivity contribution in [1.29, 1.82) is 0 Å². The molecule has 0 atom stereocenters. The summed E-state index contributed by atoms with van der Waals surface area (Å²) in [5, 5.41) is 0.625. The highest BCUT2D eigenvalue weighted by atomic mass is 35.5. The second-order valence-corrected chi connectivity index (χ2v) is 4.72. The maximum Gasteiger partial charge on any atom is 0.220 e. The van der Waals surface area contributed by atoms with Gasteiger partial charge in [-0.05, 0) is 35.9 Å². The number of carbonyl (C=O) groups excluding carboxylic acids is 1. The first-order chi connectivity index (χ1) is 9.74. The third kappa shape index (κ3) is 2.63. The van der Waals surface area contributed by atoms with Crippen molar-refractivity contribution in [1.82, 2.24) is 4.98 Å². The molecule has 0 aliphatic heterocycles. The Hall–Kier alpha value is -2.39. The van der Waals surface area contributed by atoms with Crippen molar-refractivity contribution in [3.8, 4) is 0 Å². The molecule has 0 N–H and O–H groups in total. The fraction of sp³-hybridized carbons (Fsp3) is 0. The number of hydrogen-bond acceptors (Lipinski definition) is 3. The molecule has 1 aromatic heterocycles. The number of hydrogen-bond donors (Lipinski definition) is 0. The lowest BCUT2D eigenvalue weighted by molar-refractivity contribution is 0.112. The predicted octanol–water partition coefficient (Wildman–Crippen LogP) is 4.46. The van der Waals surface area contributed by atoms with Crippen LogP contribution in [0.3, 0.4) is 0 Å². The Kier molecular flexibility index (Phi) is 3.35. The normalized spacial score (nSPS) is 11.2. The average Bonchev–Trinajstić information content (AvgIpc) is 2.87. The van der Waals surface area contributed by atoms with Gasteiger partial charge in [0.2, 0.25) is 5.89 Å². The molecule has 3 nitrogen and oxygen atoms in total. The smallest absolute Gasteiger partial charge is 0.220 e. The van der Waals surface area contributed by atoms with Gasteiger partial charge in [-0.3, -0.25) is 4.79 Å². The SMILES string of the molecule is O=Cc1cccc(C=Cc2nc3cc(Cl)ccc3o2)c1. The van der Waals surface area contributed by atoms with Crippen molar-refractivity contribution in [2.75, 3.05) is 0 Å². The zero-order valence-corrected chi connectivity index (χ0v) is 11.2. The number of nitrogens with zero attached hydrogens (tertiary/aromatic N) is 1. The number of oxazole rings is 1. The van der Waals surface area contributed by atoms with E-state index in [0.717, 1.165) is 17.4 Å². The monoisotopic (exact) mass is 283 g/mol. The Balaban J connectivity index is 1.91. The van der Waals surface area contributed by atoms with Crippen LogP contribution in [0.15, 0.2) is 46.9 Å². The number of aromatic nitrogens is 1. The zero-order valence-electron chi connectivity index (χ0n) is 10.4. The summed E-state index contributed by atoms with van der Waals surface area (Å²) >= 11 is 5.90. The van der Waals surface area contributed by atoms with Gasteiger partial charge >= 0.3 is 0 Å². The molecule has 98 valence electrons. The zero-order chi connectivity index (χ0) is 13.9. The molecular formula is C16H10ClNO2.